The van der Waals surface area contributed by atoms with Gasteiger partial charge < -0.3 is 0 Å². The van der Waals surface area contributed by atoms with Crippen LogP contribution in [0, 0.1) is 17.8 Å². The molecule has 0 amide bonds. The topological polar surface area (TPSA) is 30.0 Å². The molecule has 0 N–H and O–H groups in total. The summed E-state index contributed by atoms with van der Waals surface area (Å²) in [6.07, 6.45) is 9.39. The van der Waals surface area contributed by atoms with Crippen LogP contribution in [0.5, 0.6) is 0 Å². The number of pyridine rings is 1. The van der Waals surface area contributed by atoms with Gasteiger partial charge >= 0.3 is 0 Å². The van der Waals surface area contributed by atoms with Crippen molar-refractivity contribution in [1.29, 1.82) is 0 Å². The fraction of sp³-hybridized carbons (Fsp3) is 0.571. The summed E-state index contributed by atoms with van der Waals surface area (Å²) in [7, 11) is 0. The molecule has 16 heavy (non-hydrogen) atoms. The van der Waals surface area contributed by atoms with Crippen LogP contribution in [0.15, 0.2) is 24.5 Å². The maximum atomic E-state index is 12.1. The number of carbonyl (C=O) groups excluding carboxylic acids is 1. The van der Waals surface area contributed by atoms with Gasteiger partial charge in [0.2, 0.25) is 0 Å². The smallest absolute Gasteiger partial charge is 0.140 e. The standard InChI is InChI=1S/C14H17NO/c16-13(8-10-4-3-7-15-9-10)14-11-5-1-2-6-12(11)14/h3-4,7,9,11-12,14H,1-2,5-6,8H2. The van der Waals surface area contributed by atoms with E-state index in [1.807, 2.05) is 18.3 Å². The van der Waals surface area contributed by atoms with Crippen molar-refractivity contribution in [3.05, 3.63) is 30.1 Å². The number of fused-ring (bicyclic) bond motifs is 1. The molecule has 2 aliphatic rings. The average molecular weight is 215 g/mol. The van der Waals surface area contributed by atoms with E-state index in [0.717, 1.165) is 17.4 Å². The fourth-order valence-electron chi connectivity index (χ4n) is 3.29. The number of ketones is 1. The van der Waals surface area contributed by atoms with Gasteiger partial charge in [-0.25, -0.2) is 0 Å². The second-order valence-corrected chi connectivity index (χ2v) is 5.14. The number of carbonyl (C=O) groups is 1. The Bertz CT molecular complexity index is 375. The number of aromatic nitrogens is 1. The van der Waals surface area contributed by atoms with Crippen LogP contribution in [0.25, 0.3) is 0 Å². The molecule has 0 radical (unpaired) electrons. The SMILES string of the molecule is O=C(Cc1cccnc1)C1C2CCCCC21. The summed E-state index contributed by atoms with van der Waals surface area (Å²) in [6.45, 7) is 0. The van der Waals surface area contributed by atoms with Crippen LogP contribution >= 0.6 is 0 Å². The molecule has 0 aromatic carbocycles. The lowest BCUT2D eigenvalue weighted by Gasteiger charge is -2.04. The Morgan fingerprint density at radius 3 is 2.69 bits per heavy atom. The summed E-state index contributed by atoms with van der Waals surface area (Å²) in [4.78, 5) is 16.2. The number of rotatable bonds is 3. The monoisotopic (exact) mass is 215 g/mol. The lowest BCUT2D eigenvalue weighted by molar-refractivity contribution is -0.120. The quantitative estimate of drug-likeness (QED) is 0.775. The van der Waals surface area contributed by atoms with Crippen molar-refractivity contribution in [1.82, 2.24) is 4.98 Å². The first kappa shape index (κ1) is 10.0. The lowest BCUT2D eigenvalue weighted by atomic mass is 10.0. The highest BCUT2D eigenvalue weighted by Crippen LogP contribution is 2.55. The van der Waals surface area contributed by atoms with Crippen molar-refractivity contribution in [2.75, 3.05) is 0 Å². The minimum Gasteiger partial charge on any atom is -0.299 e. The van der Waals surface area contributed by atoms with E-state index < -0.39 is 0 Å². The molecule has 3 rings (SSSR count). The van der Waals surface area contributed by atoms with Crippen molar-refractivity contribution in [2.24, 2.45) is 17.8 Å². The summed E-state index contributed by atoms with van der Waals surface area (Å²) < 4.78 is 0. The van der Waals surface area contributed by atoms with Crippen molar-refractivity contribution in [2.45, 2.75) is 32.1 Å². The summed E-state index contributed by atoms with van der Waals surface area (Å²) in [5.74, 6) is 2.31. The number of hydrogen-bond acceptors (Lipinski definition) is 2. The van der Waals surface area contributed by atoms with Gasteiger partial charge in [0, 0.05) is 24.7 Å². The van der Waals surface area contributed by atoms with Crippen LogP contribution in [0.4, 0.5) is 0 Å². The van der Waals surface area contributed by atoms with Gasteiger partial charge in [-0.1, -0.05) is 18.9 Å². The molecule has 2 fully saturated rings. The zero-order valence-corrected chi connectivity index (χ0v) is 9.43. The first-order valence-corrected chi connectivity index (χ1v) is 6.28. The van der Waals surface area contributed by atoms with Crippen LogP contribution in [0.2, 0.25) is 0 Å². The van der Waals surface area contributed by atoms with Crippen LogP contribution in [0.3, 0.4) is 0 Å². The van der Waals surface area contributed by atoms with Crippen molar-refractivity contribution in [3.8, 4) is 0 Å². The predicted molar refractivity (Wildman–Crippen MR) is 61.9 cm³/mol. The van der Waals surface area contributed by atoms with E-state index in [-0.39, 0.29) is 0 Å². The highest BCUT2D eigenvalue weighted by atomic mass is 16.1. The molecule has 1 aromatic rings. The zero-order chi connectivity index (χ0) is 11.0. The van der Waals surface area contributed by atoms with E-state index >= 15 is 0 Å². The van der Waals surface area contributed by atoms with Crippen LogP contribution in [-0.4, -0.2) is 10.8 Å². The molecule has 2 heteroatoms. The molecule has 0 spiro atoms. The molecule has 2 saturated carbocycles. The third kappa shape index (κ3) is 1.77. The molecule has 84 valence electrons. The summed E-state index contributed by atoms with van der Waals surface area (Å²) in [5.41, 5.74) is 1.07. The van der Waals surface area contributed by atoms with E-state index in [1.54, 1.807) is 6.20 Å². The van der Waals surface area contributed by atoms with Gasteiger partial charge in [0.1, 0.15) is 5.78 Å². The van der Waals surface area contributed by atoms with Gasteiger partial charge in [-0.05, 0) is 36.3 Å². The Morgan fingerprint density at radius 2 is 2.06 bits per heavy atom. The minimum absolute atomic E-state index is 0.391. The number of hydrogen-bond donors (Lipinski definition) is 0. The fourth-order valence-corrected chi connectivity index (χ4v) is 3.29. The van der Waals surface area contributed by atoms with E-state index in [1.165, 1.54) is 25.7 Å². The summed E-state index contributed by atoms with van der Waals surface area (Å²) in [5, 5.41) is 0. The van der Waals surface area contributed by atoms with Crippen LogP contribution in [-0.2, 0) is 11.2 Å². The van der Waals surface area contributed by atoms with Gasteiger partial charge in [0.15, 0.2) is 0 Å². The normalized spacial score (nSPS) is 31.9. The largest absolute Gasteiger partial charge is 0.299 e. The summed E-state index contributed by atoms with van der Waals surface area (Å²) in [6, 6.07) is 3.90. The van der Waals surface area contributed by atoms with Crippen molar-refractivity contribution >= 4 is 5.78 Å². The first-order chi connectivity index (χ1) is 7.86. The van der Waals surface area contributed by atoms with Gasteiger partial charge in [0.05, 0.1) is 0 Å². The molecular formula is C14H17NO. The molecule has 0 saturated heterocycles. The highest BCUT2D eigenvalue weighted by molar-refractivity contribution is 5.86. The molecule has 2 unspecified atom stereocenters. The molecule has 1 heterocycles. The van der Waals surface area contributed by atoms with Gasteiger partial charge in [-0.15, -0.1) is 0 Å². The van der Waals surface area contributed by atoms with E-state index in [9.17, 15) is 4.79 Å². The second kappa shape index (κ2) is 4.00. The van der Waals surface area contributed by atoms with Crippen LogP contribution < -0.4 is 0 Å². The van der Waals surface area contributed by atoms with Gasteiger partial charge in [-0.3, -0.25) is 9.78 Å². The van der Waals surface area contributed by atoms with E-state index in [4.69, 9.17) is 0 Å². The van der Waals surface area contributed by atoms with Gasteiger partial charge in [-0.2, -0.15) is 0 Å². The van der Waals surface area contributed by atoms with Crippen LogP contribution in [0.1, 0.15) is 31.2 Å². The molecule has 1 aromatic heterocycles. The van der Waals surface area contributed by atoms with Crippen molar-refractivity contribution in [3.63, 3.8) is 0 Å². The third-order valence-corrected chi connectivity index (χ3v) is 4.13. The van der Waals surface area contributed by atoms with Gasteiger partial charge in [0.25, 0.3) is 0 Å². The highest BCUT2D eigenvalue weighted by Gasteiger charge is 2.53. The molecule has 2 nitrogen and oxygen atoms in total. The average Bonchev–Trinajstić information content (AvgIpc) is 3.04. The maximum absolute atomic E-state index is 12.1. The Hall–Kier alpha value is -1.18. The Morgan fingerprint density at radius 1 is 1.31 bits per heavy atom. The summed E-state index contributed by atoms with van der Waals surface area (Å²) >= 11 is 0. The maximum Gasteiger partial charge on any atom is 0.140 e. The molecule has 2 aliphatic carbocycles. The van der Waals surface area contributed by atoms with E-state index in [0.29, 0.717) is 18.1 Å². The minimum atomic E-state index is 0.391. The molecule has 2 atom stereocenters. The molecule has 0 aliphatic heterocycles. The number of nitrogens with zero attached hydrogens (tertiary/aromatic N) is 1. The Kier molecular flexibility index (Phi) is 2.50. The molecular weight excluding hydrogens is 198 g/mol. The van der Waals surface area contributed by atoms with E-state index in [2.05, 4.69) is 4.98 Å². The number of Topliss-reactive ketones (excluding diaryl/α,β-unsaturated/α-hetero) is 1. The lowest BCUT2D eigenvalue weighted by Crippen LogP contribution is -2.07. The second-order valence-electron chi connectivity index (χ2n) is 5.14. The Labute approximate surface area is 96.1 Å². The first-order valence-electron chi connectivity index (χ1n) is 6.28. The Balaban J connectivity index is 1.63. The zero-order valence-electron chi connectivity index (χ0n) is 9.43. The van der Waals surface area contributed by atoms with Crippen molar-refractivity contribution < 1.29 is 4.79 Å². The predicted octanol–water partition coefficient (Wildman–Crippen LogP) is 2.63. The third-order valence-electron chi connectivity index (χ3n) is 4.13. The molecule has 0 bridgehead atoms.